The number of rotatable bonds is 9. The molecule has 6 nitrogen and oxygen atoms in total. The number of anilines is 1. The Balaban J connectivity index is 1.69. The van der Waals surface area contributed by atoms with E-state index in [4.69, 9.17) is 0 Å². The zero-order valence-corrected chi connectivity index (χ0v) is 19.1. The van der Waals surface area contributed by atoms with Crippen LogP contribution in [0, 0.1) is 0 Å². The van der Waals surface area contributed by atoms with Crippen LogP contribution in [0.3, 0.4) is 0 Å². The number of carbonyl (C=O) groups is 2. The summed E-state index contributed by atoms with van der Waals surface area (Å²) >= 11 is 1.66. The van der Waals surface area contributed by atoms with Crippen LogP contribution in [0.1, 0.15) is 38.8 Å². The number of hydrogen-bond acceptors (Lipinski definition) is 3. The monoisotopic (exact) mass is 428 g/mol. The number of urea groups is 1. The Kier molecular flexibility index (Phi) is 7.48. The minimum atomic E-state index is -0.232. The summed E-state index contributed by atoms with van der Waals surface area (Å²) in [7, 11) is 1.99. The van der Waals surface area contributed by atoms with Gasteiger partial charge in [-0.3, -0.25) is 4.79 Å². The number of nitrogens with zero attached hydrogens (tertiary/aromatic N) is 3. The molecule has 0 bridgehead atoms. The third-order valence-corrected chi connectivity index (χ3v) is 6.47. The normalized spacial score (nSPS) is 14.3. The first-order valence-electron chi connectivity index (χ1n) is 10.5. The number of thioether (sulfide) groups is 1. The first kappa shape index (κ1) is 22.3. The van der Waals surface area contributed by atoms with Crippen molar-refractivity contribution in [1.29, 1.82) is 0 Å². The number of carbonyl (C=O) groups excluding carboxylic acids is 2. The van der Waals surface area contributed by atoms with Gasteiger partial charge in [0.05, 0.1) is 6.54 Å². The van der Waals surface area contributed by atoms with E-state index < -0.39 is 0 Å². The molecule has 1 aromatic heterocycles. The average molecular weight is 429 g/mol. The standard InChI is InChI=1S/C23H32N4O2S/c1-5-17(2)26(23(29)24-18-8-12-21(30-4)13-9-18)16-22(28)27(19-10-11-19)15-20-7-6-14-25(20)3/h6-9,12-14,17,19H,5,10-11,15-16H2,1-4H3,(H,24,29)/t17-/m0/s1. The Morgan fingerprint density at radius 2 is 1.93 bits per heavy atom. The lowest BCUT2D eigenvalue weighted by atomic mass is 10.2. The van der Waals surface area contributed by atoms with E-state index in [-0.39, 0.29) is 30.6 Å². The maximum absolute atomic E-state index is 13.2. The largest absolute Gasteiger partial charge is 0.353 e. The summed E-state index contributed by atoms with van der Waals surface area (Å²) in [6.45, 7) is 4.69. The van der Waals surface area contributed by atoms with Crippen molar-refractivity contribution >= 4 is 29.4 Å². The van der Waals surface area contributed by atoms with Crippen LogP contribution in [0.2, 0.25) is 0 Å². The molecular weight excluding hydrogens is 396 g/mol. The molecule has 0 unspecified atom stereocenters. The third kappa shape index (κ3) is 5.59. The van der Waals surface area contributed by atoms with Crippen molar-refractivity contribution in [2.24, 2.45) is 7.05 Å². The molecule has 1 saturated carbocycles. The lowest BCUT2D eigenvalue weighted by molar-refractivity contribution is -0.133. The Morgan fingerprint density at radius 3 is 2.47 bits per heavy atom. The number of amides is 3. The topological polar surface area (TPSA) is 57.6 Å². The highest BCUT2D eigenvalue weighted by Gasteiger charge is 2.34. The van der Waals surface area contributed by atoms with Crippen molar-refractivity contribution in [3.05, 3.63) is 48.3 Å². The van der Waals surface area contributed by atoms with Gasteiger partial charge in [-0.2, -0.15) is 0 Å². The van der Waals surface area contributed by atoms with E-state index in [1.54, 1.807) is 16.7 Å². The molecule has 3 amide bonds. The van der Waals surface area contributed by atoms with Gasteiger partial charge in [-0.05, 0) is 68.8 Å². The van der Waals surface area contributed by atoms with Gasteiger partial charge >= 0.3 is 6.03 Å². The number of hydrogen-bond donors (Lipinski definition) is 1. The Bertz CT molecular complexity index is 860. The van der Waals surface area contributed by atoms with E-state index in [9.17, 15) is 9.59 Å². The van der Waals surface area contributed by atoms with E-state index in [2.05, 4.69) is 5.32 Å². The van der Waals surface area contributed by atoms with Crippen molar-refractivity contribution in [3.63, 3.8) is 0 Å². The van der Waals surface area contributed by atoms with Crippen molar-refractivity contribution in [2.45, 2.75) is 56.6 Å². The lowest BCUT2D eigenvalue weighted by Crippen LogP contribution is -2.48. The summed E-state index contributed by atoms with van der Waals surface area (Å²) in [4.78, 5) is 31.0. The molecule has 1 N–H and O–H groups in total. The minimum Gasteiger partial charge on any atom is -0.353 e. The number of aromatic nitrogens is 1. The molecule has 0 saturated heterocycles. The van der Waals surface area contributed by atoms with E-state index in [1.807, 2.05) is 79.2 Å². The summed E-state index contributed by atoms with van der Waals surface area (Å²) in [6, 6.07) is 11.8. The van der Waals surface area contributed by atoms with Gasteiger partial charge in [0, 0.05) is 41.6 Å². The summed E-state index contributed by atoms with van der Waals surface area (Å²) in [5.41, 5.74) is 1.84. The van der Waals surface area contributed by atoms with Crippen molar-refractivity contribution in [1.82, 2.24) is 14.4 Å². The average Bonchev–Trinajstić information content (AvgIpc) is 3.51. The maximum Gasteiger partial charge on any atom is 0.322 e. The SMILES string of the molecule is CC[C@H](C)N(CC(=O)N(Cc1cccn1C)C1CC1)C(=O)Nc1ccc(SC)cc1. The molecule has 1 aliphatic rings. The zero-order valence-electron chi connectivity index (χ0n) is 18.3. The molecule has 1 aliphatic carbocycles. The van der Waals surface area contributed by atoms with Gasteiger partial charge in [-0.25, -0.2) is 4.79 Å². The van der Waals surface area contributed by atoms with Gasteiger partial charge < -0.3 is 19.7 Å². The Labute approximate surface area is 183 Å². The van der Waals surface area contributed by atoms with Crippen molar-refractivity contribution < 1.29 is 9.59 Å². The number of nitrogens with one attached hydrogen (secondary N) is 1. The maximum atomic E-state index is 13.2. The van der Waals surface area contributed by atoms with Crippen LogP contribution in [-0.2, 0) is 18.4 Å². The molecule has 0 radical (unpaired) electrons. The van der Waals surface area contributed by atoms with Crippen LogP contribution in [0.5, 0.6) is 0 Å². The summed E-state index contributed by atoms with van der Waals surface area (Å²) in [5, 5.41) is 2.96. The molecule has 162 valence electrons. The molecule has 3 rings (SSSR count). The third-order valence-electron chi connectivity index (χ3n) is 5.72. The van der Waals surface area contributed by atoms with Crippen molar-refractivity contribution in [2.75, 3.05) is 18.1 Å². The van der Waals surface area contributed by atoms with E-state index in [1.165, 1.54) is 0 Å². The molecule has 1 fully saturated rings. The fourth-order valence-electron chi connectivity index (χ4n) is 3.40. The summed E-state index contributed by atoms with van der Waals surface area (Å²) in [5.74, 6) is 0.00637. The second kappa shape index (κ2) is 10.1. The molecular formula is C23H32N4O2S. The zero-order chi connectivity index (χ0) is 21.7. The lowest BCUT2D eigenvalue weighted by Gasteiger charge is -2.31. The summed E-state index contributed by atoms with van der Waals surface area (Å²) in [6.07, 6.45) is 6.87. The molecule has 1 heterocycles. The predicted molar refractivity (Wildman–Crippen MR) is 123 cm³/mol. The molecule has 2 aromatic rings. The van der Waals surface area contributed by atoms with Gasteiger partial charge in [0.15, 0.2) is 0 Å². The van der Waals surface area contributed by atoms with Gasteiger partial charge in [0.2, 0.25) is 5.91 Å². The highest BCUT2D eigenvalue weighted by Crippen LogP contribution is 2.29. The number of aryl methyl sites for hydroxylation is 1. The number of benzene rings is 1. The molecule has 30 heavy (non-hydrogen) atoms. The fraction of sp³-hybridized carbons (Fsp3) is 0.478. The highest BCUT2D eigenvalue weighted by atomic mass is 32.2. The van der Waals surface area contributed by atoms with Gasteiger partial charge in [0.25, 0.3) is 0 Å². The molecule has 0 spiro atoms. The molecule has 0 aliphatic heterocycles. The smallest absolute Gasteiger partial charge is 0.322 e. The first-order chi connectivity index (χ1) is 14.4. The molecule has 1 aromatic carbocycles. The van der Waals surface area contributed by atoms with Crippen LogP contribution in [0.4, 0.5) is 10.5 Å². The highest BCUT2D eigenvalue weighted by molar-refractivity contribution is 7.98. The van der Waals surface area contributed by atoms with Crippen molar-refractivity contribution in [3.8, 4) is 0 Å². The summed E-state index contributed by atoms with van der Waals surface area (Å²) < 4.78 is 2.04. The molecule has 1 atom stereocenters. The van der Waals surface area contributed by atoms with Gasteiger partial charge in [0.1, 0.15) is 6.54 Å². The van der Waals surface area contributed by atoms with Crippen LogP contribution in [-0.4, -0.2) is 51.2 Å². The second-order valence-electron chi connectivity index (χ2n) is 7.91. The van der Waals surface area contributed by atoms with Crippen LogP contribution in [0.25, 0.3) is 0 Å². The second-order valence-corrected chi connectivity index (χ2v) is 8.79. The Morgan fingerprint density at radius 1 is 1.23 bits per heavy atom. The minimum absolute atomic E-state index is 0.00637. The van der Waals surface area contributed by atoms with Crippen LogP contribution < -0.4 is 5.32 Å². The molecule has 7 heteroatoms. The van der Waals surface area contributed by atoms with Gasteiger partial charge in [-0.1, -0.05) is 6.92 Å². The quantitative estimate of drug-likeness (QED) is 0.595. The van der Waals surface area contributed by atoms with Crippen LogP contribution in [0.15, 0.2) is 47.5 Å². The van der Waals surface area contributed by atoms with E-state index in [0.29, 0.717) is 6.54 Å². The first-order valence-corrected chi connectivity index (χ1v) is 11.8. The Hall–Kier alpha value is -2.41. The van der Waals surface area contributed by atoms with E-state index >= 15 is 0 Å². The van der Waals surface area contributed by atoms with Crippen LogP contribution >= 0.6 is 11.8 Å². The predicted octanol–water partition coefficient (Wildman–Crippen LogP) is 4.57. The van der Waals surface area contributed by atoms with Gasteiger partial charge in [-0.15, -0.1) is 11.8 Å². The van der Waals surface area contributed by atoms with E-state index in [0.717, 1.165) is 35.5 Å². The fourth-order valence-corrected chi connectivity index (χ4v) is 3.81.